The molecular weight excluding hydrogens is 332 g/mol. The first-order valence-corrected chi connectivity index (χ1v) is 8.10. The fourth-order valence-corrected chi connectivity index (χ4v) is 2.41. The number of nitrogens with zero attached hydrogens (tertiary/aromatic N) is 1. The van der Waals surface area contributed by atoms with Crippen molar-refractivity contribution in [3.05, 3.63) is 35.4 Å². The Bertz CT molecular complexity index is 479. The van der Waals surface area contributed by atoms with E-state index < -0.39 is 4.32 Å². The van der Waals surface area contributed by atoms with Crippen molar-refractivity contribution in [1.82, 2.24) is 10.2 Å². The summed E-state index contributed by atoms with van der Waals surface area (Å²) < 4.78 is 4.84. The molecule has 0 radical (unpaired) electrons. The minimum Gasteiger partial charge on any atom is -0.379 e. The van der Waals surface area contributed by atoms with Crippen LogP contribution in [0.1, 0.15) is 25.0 Å². The summed E-state index contributed by atoms with van der Waals surface area (Å²) in [7, 11) is 0. The van der Waals surface area contributed by atoms with Gasteiger partial charge >= 0.3 is 0 Å². The number of morpholine rings is 1. The molecule has 1 amide bonds. The number of rotatable bonds is 5. The lowest BCUT2D eigenvalue weighted by atomic mass is 10.1. The normalized spacial score (nSPS) is 16.7. The molecule has 0 spiro atoms. The van der Waals surface area contributed by atoms with Gasteiger partial charge in [-0.05, 0) is 25.0 Å². The highest BCUT2D eigenvalue weighted by atomic mass is 79.9. The zero-order valence-corrected chi connectivity index (χ0v) is 14.3. The first-order valence-electron chi connectivity index (χ1n) is 7.31. The number of alkyl halides is 1. The summed E-state index contributed by atoms with van der Waals surface area (Å²) in [5.41, 5.74) is 2.45. The molecule has 1 saturated heterocycles. The van der Waals surface area contributed by atoms with Crippen molar-refractivity contribution in [1.29, 1.82) is 0 Å². The monoisotopic (exact) mass is 354 g/mol. The van der Waals surface area contributed by atoms with Crippen LogP contribution in [-0.2, 0) is 22.6 Å². The summed E-state index contributed by atoms with van der Waals surface area (Å²) >= 11 is 3.38. The highest BCUT2D eigenvalue weighted by molar-refractivity contribution is 9.10. The molecule has 1 aromatic carbocycles. The van der Waals surface area contributed by atoms with Crippen LogP contribution in [0.2, 0.25) is 0 Å². The van der Waals surface area contributed by atoms with Crippen molar-refractivity contribution in [3.63, 3.8) is 0 Å². The molecule has 1 fully saturated rings. The van der Waals surface area contributed by atoms with Gasteiger partial charge in [-0.25, -0.2) is 0 Å². The number of hydrogen-bond acceptors (Lipinski definition) is 3. The van der Waals surface area contributed by atoms with Crippen LogP contribution in [0.15, 0.2) is 24.3 Å². The zero-order valence-electron chi connectivity index (χ0n) is 12.7. The Labute approximate surface area is 135 Å². The second-order valence-corrected chi connectivity index (χ2v) is 7.79. The molecule has 0 saturated carbocycles. The predicted octanol–water partition coefficient (Wildman–Crippen LogP) is 2.31. The van der Waals surface area contributed by atoms with Gasteiger partial charge in [0, 0.05) is 26.2 Å². The van der Waals surface area contributed by atoms with E-state index in [0.29, 0.717) is 6.54 Å². The van der Waals surface area contributed by atoms with Crippen molar-refractivity contribution in [2.45, 2.75) is 31.3 Å². The quantitative estimate of drug-likeness (QED) is 0.825. The lowest BCUT2D eigenvalue weighted by molar-refractivity contribution is -0.122. The van der Waals surface area contributed by atoms with Crippen molar-refractivity contribution < 1.29 is 9.53 Å². The largest absolute Gasteiger partial charge is 0.379 e. The van der Waals surface area contributed by atoms with Gasteiger partial charge in [0.2, 0.25) is 5.91 Å². The maximum atomic E-state index is 12.0. The smallest absolute Gasteiger partial charge is 0.236 e. The van der Waals surface area contributed by atoms with E-state index in [1.165, 1.54) is 11.1 Å². The number of halogens is 1. The molecule has 1 aromatic rings. The van der Waals surface area contributed by atoms with Gasteiger partial charge in [-0.2, -0.15) is 0 Å². The Balaban J connectivity index is 1.98. The minimum atomic E-state index is -0.536. The number of benzene rings is 1. The van der Waals surface area contributed by atoms with Gasteiger partial charge in [0.05, 0.1) is 17.5 Å². The molecule has 2 rings (SSSR count). The number of amides is 1. The summed E-state index contributed by atoms with van der Waals surface area (Å²) in [6, 6.07) is 8.28. The summed E-state index contributed by atoms with van der Waals surface area (Å²) in [5.74, 6) is 0.00340. The van der Waals surface area contributed by atoms with Crippen LogP contribution < -0.4 is 5.32 Å². The summed E-state index contributed by atoms with van der Waals surface area (Å²) in [6.45, 7) is 8.71. The van der Waals surface area contributed by atoms with Gasteiger partial charge in [0.1, 0.15) is 0 Å². The van der Waals surface area contributed by atoms with Gasteiger partial charge in [-0.1, -0.05) is 40.2 Å². The van der Waals surface area contributed by atoms with Crippen molar-refractivity contribution in [2.24, 2.45) is 0 Å². The molecule has 1 heterocycles. The first kappa shape index (κ1) is 16.5. The van der Waals surface area contributed by atoms with E-state index in [1.807, 2.05) is 19.9 Å². The molecule has 1 aliphatic heterocycles. The second-order valence-electron chi connectivity index (χ2n) is 5.81. The van der Waals surface area contributed by atoms with Gasteiger partial charge in [-0.3, -0.25) is 9.69 Å². The Hall–Kier alpha value is -0.910. The van der Waals surface area contributed by atoms with Crippen LogP contribution in [0.3, 0.4) is 0 Å². The van der Waals surface area contributed by atoms with Crippen molar-refractivity contribution >= 4 is 21.8 Å². The SMILES string of the molecule is CC(C)(Br)C(=O)NCc1ccccc1CN1CCOCC1. The average Bonchev–Trinajstić information content (AvgIpc) is 2.46. The highest BCUT2D eigenvalue weighted by Crippen LogP contribution is 2.17. The summed E-state index contributed by atoms with van der Waals surface area (Å²) in [4.78, 5) is 14.3. The maximum absolute atomic E-state index is 12.0. The molecule has 116 valence electrons. The molecule has 4 nitrogen and oxygen atoms in total. The van der Waals surface area contributed by atoms with E-state index >= 15 is 0 Å². The number of ether oxygens (including phenoxy) is 1. The number of carbonyl (C=O) groups is 1. The Kier molecular flexibility index (Phi) is 5.79. The number of carbonyl (C=O) groups excluding carboxylic acids is 1. The molecule has 21 heavy (non-hydrogen) atoms. The van der Waals surface area contributed by atoms with Crippen LogP contribution in [0.4, 0.5) is 0 Å². The van der Waals surface area contributed by atoms with Gasteiger partial charge in [0.25, 0.3) is 0 Å². The molecule has 1 aliphatic rings. The lowest BCUT2D eigenvalue weighted by Crippen LogP contribution is -2.38. The van der Waals surface area contributed by atoms with E-state index in [2.05, 4.69) is 44.3 Å². The van der Waals surface area contributed by atoms with Gasteiger partial charge in [0.15, 0.2) is 0 Å². The Morgan fingerprint density at radius 1 is 1.29 bits per heavy atom. The molecule has 5 heteroatoms. The molecule has 0 unspecified atom stereocenters. The highest BCUT2D eigenvalue weighted by Gasteiger charge is 2.23. The van der Waals surface area contributed by atoms with E-state index in [1.54, 1.807) is 0 Å². The number of hydrogen-bond donors (Lipinski definition) is 1. The summed E-state index contributed by atoms with van der Waals surface area (Å²) in [5, 5.41) is 2.99. The van der Waals surface area contributed by atoms with Crippen LogP contribution >= 0.6 is 15.9 Å². The van der Waals surface area contributed by atoms with Crippen LogP contribution in [0.25, 0.3) is 0 Å². The predicted molar refractivity (Wildman–Crippen MR) is 87.4 cm³/mol. The maximum Gasteiger partial charge on any atom is 0.236 e. The fraction of sp³-hybridized carbons (Fsp3) is 0.562. The Morgan fingerprint density at radius 3 is 2.52 bits per heavy atom. The first-order chi connectivity index (χ1) is 9.97. The van der Waals surface area contributed by atoms with E-state index in [9.17, 15) is 4.79 Å². The van der Waals surface area contributed by atoms with Crippen LogP contribution in [-0.4, -0.2) is 41.4 Å². The molecule has 0 atom stereocenters. The summed E-state index contributed by atoms with van der Waals surface area (Å²) in [6.07, 6.45) is 0. The van der Waals surface area contributed by atoms with Crippen LogP contribution in [0.5, 0.6) is 0 Å². The third kappa shape index (κ3) is 5.09. The van der Waals surface area contributed by atoms with Crippen molar-refractivity contribution in [2.75, 3.05) is 26.3 Å². The zero-order chi connectivity index (χ0) is 15.3. The molecule has 1 N–H and O–H groups in total. The minimum absolute atomic E-state index is 0.00340. The molecule has 0 aromatic heterocycles. The number of nitrogens with one attached hydrogen (secondary N) is 1. The Morgan fingerprint density at radius 2 is 1.90 bits per heavy atom. The lowest BCUT2D eigenvalue weighted by Gasteiger charge is -2.27. The van der Waals surface area contributed by atoms with E-state index in [4.69, 9.17) is 4.74 Å². The second kappa shape index (κ2) is 7.38. The van der Waals surface area contributed by atoms with Crippen LogP contribution in [0, 0.1) is 0 Å². The van der Waals surface area contributed by atoms with Gasteiger partial charge < -0.3 is 10.1 Å². The molecule has 0 bridgehead atoms. The molecule has 0 aliphatic carbocycles. The van der Waals surface area contributed by atoms with E-state index in [-0.39, 0.29) is 5.91 Å². The standard InChI is InChI=1S/C16H23BrN2O2/c1-16(2,17)15(20)18-11-13-5-3-4-6-14(13)12-19-7-9-21-10-8-19/h3-6H,7-12H2,1-2H3,(H,18,20). The topological polar surface area (TPSA) is 41.6 Å². The molecular formula is C16H23BrN2O2. The third-order valence-electron chi connectivity index (χ3n) is 3.60. The fourth-order valence-electron chi connectivity index (χ4n) is 2.27. The van der Waals surface area contributed by atoms with Gasteiger partial charge in [-0.15, -0.1) is 0 Å². The average molecular weight is 355 g/mol. The third-order valence-corrected chi connectivity index (χ3v) is 3.96. The van der Waals surface area contributed by atoms with E-state index in [0.717, 1.165) is 32.8 Å². The van der Waals surface area contributed by atoms with Crippen molar-refractivity contribution in [3.8, 4) is 0 Å².